The van der Waals surface area contributed by atoms with Gasteiger partial charge in [-0.05, 0) is 37.8 Å². The third-order valence-electron chi connectivity index (χ3n) is 3.10. The van der Waals surface area contributed by atoms with Gasteiger partial charge in [0.15, 0.2) is 0 Å². The summed E-state index contributed by atoms with van der Waals surface area (Å²) < 4.78 is 5.58. The number of anilines is 2. The molecule has 3 N–H and O–H groups in total. The fourth-order valence-electron chi connectivity index (χ4n) is 2.16. The molecule has 1 aromatic rings. The van der Waals surface area contributed by atoms with Crippen LogP contribution < -0.4 is 11.1 Å². The van der Waals surface area contributed by atoms with Crippen LogP contribution in [0, 0.1) is 6.92 Å². The van der Waals surface area contributed by atoms with E-state index in [-0.39, 0.29) is 0 Å². The van der Waals surface area contributed by atoms with E-state index < -0.39 is 0 Å². The van der Waals surface area contributed by atoms with Crippen molar-refractivity contribution in [2.75, 3.05) is 24.2 Å². The van der Waals surface area contributed by atoms with E-state index in [2.05, 4.69) is 18.3 Å². The topological polar surface area (TPSA) is 47.3 Å². The van der Waals surface area contributed by atoms with Crippen molar-refractivity contribution < 1.29 is 4.74 Å². The molecule has 1 saturated heterocycles. The normalized spacial score (nSPS) is 19.9. The van der Waals surface area contributed by atoms with Gasteiger partial charge in [-0.1, -0.05) is 12.1 Å². The Kier molecular flexibility index (Phi) is 3.67. The Hall–Kier alpha value is -1.22. The third kappa shape index (κ3) is 2.67. The first-order chi connectivity index (χ1) is 7.77. The van der Waals surface area contributed by atoms with Gasteiger partial charge in [0.25, 0.3) is 0 Å². The van der Waals surface area contributed by atoms with Crippen LogP contribution in [0.1, 0.15) is 24.8 Å². The molecule has 1 unspecified atom stereocenters. The second kappa shape index (κ2) is 5.21. The van der Waals surface area contributed by atoms with Crippen LogP contribution in [-0.2, 0) is 4.74 Å². The zero-order chi connectivity index (χ0) is 11.4. The Bertz CT molecular complexity index is 326. The van der Waals surface area contributed by atoms with Crippen molar-refractivity contribution >= 4 is 11.4 Å². The number of nitrogens with two attached hydrogens (primary N) is 1. The maximum atomic E-state index is 5.92. The van der Waals surface area contributed by atoms with Crippen LogP contribution in [0.15, 0.2) is 18.2 Å². The van der Waals surface area contributed by atoms with Crippen LogP contribution in [0.5, 0.6) is 0 Å². The molecular formula is C13H20N2O. The summed E-state index contributed by atoms with van der Waals surface area (Å²) in [6, 6.07) is 5.99. The van der Waals surface area contributed by atoms with Crippen molar-refractivity contribution in [3.63, 3.8) is 0 Å². The monoisotopic (exact) mass is 220 g/mol. The molecule has 0 spiro atoms. The smallest absolute Gasteiger partial charge is 0.0603 e. The molecule has 88 valence electrons. The number of nitrogen functional groups attached to an aromatic ring is 1. The molecule has 1 atom stereocenters. The highest BCUT2D eigenvalue weighted by Gasteiger charge is 2.14. The Balaban J connectivity index is 1.84. The van der Waals surface area contributed by atoms with Gasteiger partial charge in [-0.3, -0.25) is 0 Å². The number of hydrogen-bond donors (Lipinski definition) is 2. The zero-order valence-electron chi connectivity index (χ0n) is 9.83. The molecule has 0 aliphatic carbocycles. The van der Waals surface area contributed by atoms with Crippen LogP contribution in [0.4, 0.5) is 11.4 Å². The quantitative estimate of drug-likeness (QED) is 0.767. The molecule has 1 heterocycles. The van der Waals surface area contributed by atoms with Crippen LogP contribution >= 0.6 is 0 Å². The first kappa shape index (κ1) is 11.3. The fourth-order valence-corrected chi connectivity index (χ4v) is 2.16. The van der Waals surface area contributed by atoms with Crippen LogP contribution in [-0.4, -0.2) is 19.3 Å². The summed E-state index contributed by atoms with van der Waals surface area (Å²) in [5, 5.41) is 3.40. The highest BCUT2D eigenvalue weighted by atomic mass is 16.5. The van der Waals surface area contributed by atoms with Gasteiger partial charge in [0.2, 0.25) is 0 Å². The standard InChI is InChI=1S/C13H20N2O/c1-10-4-2-6-12(14)13(10)15-8-7-11-5-3-9-16-11/h2,4,6,11,15H,3,5,7-9,14H2,1H3. The van der Waals surface area contributed by atoms with Gasteiger partial charge < -0.3 is 15.8 Å². The molecule has 0 aromatic heterocycles. The second-order valence-electron chi connectivity index (χ2n) is 4.39. The molecule has 0 saturated carbocycles. The van der Waals surface area contributed by atoms with Gasteiger partial charge in [-0.25, -0.2) is 0 Å². The largest absolute Gasteiger partial charge is 0.397 e. The maximum Gasteiger partial charge on any atom is 0.0603 e. The number of para-hydroxylation sites is 1. The Morgan fingerprint density at radius 2 is 2.38 bits per heavy atom. The minimum Gasteiger partial charge on any atom is -0.397 e. The van der Waals surface area contributed by atoms with Crippen molar-refractivity contribution in [3.8, 4) is 0 Å². The number of hydrogen-bond acceptors (Lipinski definition) is 3. The van der Waals surface area contributed by atoms with Crippen LogP contribution in [0.3, 0.4) is 0 Å². The Morgan fingerprint density at radius 1 is 1.50 bits per heavy atom. The average Bonchev–Trinajstić information content (AvgIpc) is 2.75. The zero-order valence-corrected chi connectivity index (χ0v) is 9.83. The Morgan fingerprint density at radius 3 is 3.06 bits per heavy atom. The second-order valence-corrected chi connectivity index (χ2v) is 4.39. The maximum absolute atomic E-state index is 5.92. The van der Waals surface area contributed by atoms with Crippen molar-refractivity contribution in [2.24, 2.45) is 0 Å². The molecule has 16 heavy (non-hydrogen) atoms. The summed E-state index contributed by atoms with van der Waals surface area (Å²) in [7, 11) is 0. The lowest BCUT2D eigenvalue weighted by Gasteiger charge is -2.14. The van der Waals surface area contributed by atoms with Gasteiger partial charge in [0, 0.05) is 13.2 Å². The molecule has 1 aliphatic rings. The summed E-state index contributed by atoms with van der Waals surface area (Å²) >= 11 is 0. The lowest BCUT2D eigenvalue weighted by molar-refractivity contribution is 0.107. The number of rotatable bonds is 4. The molecule has 1 fully saturated rings. The van der Waals surface area contributed by atoms with Gasteiger partial charge in [-0.15, -0.1) is 0 Å². The predicted octanol–water partition coefficient (Wildman–Crippen LogP) is 2.56. The fraction of sp³-hybridized carbons (Fsp3) is 0.538. The van der Waals surface area contributed by atoms with E-state index in [9.17, 15) is 0 Å². The van der Waals surface area contributed by atoms with E-state index in [0.717, 1.165) is 30.9 Å². The van der Waals surface area contributed by atoms with Gasteiger partial charge >= 0.3 is 0 Å². The summed E-state index contributed by atoms with van der Waals surface area (Å²) in [5.41, 5.74) is 9.02. The van der Waals surface area contributed by atoms with Crippen LogP contribution in [0.25, 0.3) is 0 Å². The highest BCUT2D eigenvalue weighted by Crippen LogP contribution is 2.23. The summed E-state index contributed by atoms with van der Waals surface area (Å²) in [6.07, 6.45) is 3.91. The highest BCUT2D eigenvalue weighted by molar-refractivity contribution is 5.69. The van der Waals surface area contributed by atoms with Gasteiger partial charge in [0.05, 0.1) is 17.5 Å². The van der Waals surface area contributed by atoms with Crippen molar-refractivity contribution in [2.45, 2.75) is 32.3 Å². The van der Waals surface area contributed by atoms with Gasteiger partial charge in [0.1, 0.15) is 0 Å². The minimum atomic E-state index is 0.442. The number of aryl methyl sites for hydroxylation is 1. The van der Waals surface area contributed by atoms with E-state index in [4.69, 9.17) is 10.5 Å². The number of nitrogens with one attached hydrogen (secondary N) is 1. The first-order valence-electron chi connectivity index (χ1n) is 5.98. The molecule has 3 heteroatoms. The minimum absolute atomic E-state index is 0.442. The van der Waals surface area contributed by atoms with Gasteiger partial charge in [-0.2, -0.15) is 0 Å². The van der Waals surface area contributed by atoms with E-state index >= 15 is 0 Å². The molecule has 3 nitrogen and oxygen atoms in total. The van der Waals surface area contributed by atoms with Crippen molar-refractivity contribution in [1.82, 2.24) is 0 Å². The summed E-state index contributed by atoms with van der Waals surface area (Å²) in [4.78, 5) is 0. The SMILES string of the molecule is Cc1cccc(N)c1NCCC1CCCO1. The molecular weight excluding hydrogens is 200 g/mol. The third-order valence-corrected chi connectivity index (χ3v) is 3.10. The molecule has 0 radical (unpaired) electrons. The summed E-state index contributed by atoms with van der Waals surface area (Å²) in [5.74, 6) is 0. The van der Waals surface area contributed by atoms with Crippen molar-refractivity contribution in [3.05, 3.63) is 23.8 Å². The van der Waals surface area contributed by atoms with E-state index in [1.807, 2.05) is 12.1 Å². The number of benzene rings is 1. The number of ether oxygens (including phenoxy) is 1. The lowest BCUT2D eigenvalue weighted by atomic mass is 10.1. The predicted molar refractivity (Wildman–Crippen MR) is 67.7 cm³/mol. The first-order valence-corrected chi connectivity index (χ1v) is 5.98. The molecule has 0 bridgehead atoms. The molecule has 0 amide bonds. The summed E-state index contributed by atoms with van der Waals surface area (Å²) in [6.45, 7) is 3.93. The molecule has 1 aliphatic heterocycles. The van der Waals surface area contributed by atoms with E-state index in [0.29, 0.717) is 6.10 Å². The van der Waals surface area contributed by atoms with Crippen molar-refractivity contribution in [1.29, 1.82) is 0 Å². The van der Waals surface area contributed by atoms with E-state index in [1.54, 1.807) is 0 Å². The molecule has 1 aromatic carbocycles. The van der Waals surface area contributed by atoms with Crippen LogP contribution in [0.2, 0.25) is 0 Å². The Labute approximate surface area is 97.0 Å². The van der Waals surface area contributed by atoms with E-state index in [1.165, 1.54) is 18.4 Å². The average molecular weight is 220 g/mol. The molecule has 2 rings (SSSR count). The lowest BCUT2D eigenvalue weighted by Crippen LogP contribution is -2.13.